The number of para-hydroxylation sites is 1. The van der Waals surface area contributed by atoms with E-state index in [1.807, 2.05) is 47.4 Å². The van der Waals surface area contributed by atoms with Crippen molar-refractivity contribution in [2.45, 2.75) is 19.4 Å². The topological polar surface area (TPSA) is 70.5 Å². The van der Waals surface area contributed by atoms with Gasteiger partial charge in [-0.05, 0) is 49.0 Å². The van der Waals surface area contributed by atoms with E-state index in [0.29, 0.717) is 23.9 Å². The van der Waals surface area contributed by atoms with Gasteiger partial charge in [0.1, 0.15) is 11.9 Å². The number of hydrogen-bond donors (Lipinski definition) is 1. The highest BCUT2D eigenvalue weighted by atomic mass is 35.5. The number of aryl methyl sites for hydroxylation is 1. The molecule has 0 unspecified atom stereocenters. The third kappa shape index (κ3) is 3.63. The highest BCUT2D eigenvalue weighted by Gasteiger charge is 2.35. The SMILES string of the molecule is Cc1ccc(Cl)cc1N1CCN(C(=O)C[C@H]2Nc3c4ccccc4nc(=S)n3C2=O)CC1. The first-order valence-corrected chi connectivity index (χ1v) is 11.3. The van der Waals surface area contributed by atoms with Crippen molar-refractivity contribution in [2.75, 3.05) is 36.4 Å². The summed E-state index contributed by atoms with van der Waals surface area (Å²) in [5.74, 6) is 0.337. The maximum absolute atomic E-state index is 13.0. The molecule has 5 rings (SSSR count). The van der Waals surface area contributed by atoms with Crippen LogP contribution in [0.3, 0.4) is 0 Å². The number of fused-ring (bicyclic) bond motifs is 3. The predicted molar refractivity (Wildman–Crippen MR) is 128 cm³/mol. The van der Waals surface area contributed by atoms with Crippen LogP contribution in [0.15, 0.2) is 42.5 Å². The number of carbonyl (C=O) groups excluding carboxylic acids is 2. The maximum atomic E-state index is 13.0. The molecule has 9 heteroatoms. The fraction of sp³-hybridized carbons (Fsp3) is 0.304. The van der Waals surface area contributed by atoms with Gasteiger partial charge >= 0.3 is 0 Å². The molecule has 3 heterocycles. The van der Waals surface area contributed by atoms with E-state index in [-0.39, 0.29) is 23.0 Å². The Hall–Kier alpha value is -2.97. The average molecular weight is 468 g/mol. The maximum Gasteiger partial charge on any atom is 0.257 e. The van der Waals surface area contributed by atoms with Crippen molar-refractivity contribution >= 4 is 58.0 Å². The Bertz CT molecular complexity index is 1300. The summed E-state index contributed by atoms with van der Waals surface area (Å²) >= 11 is 11.5. The molecule has 1 fully saturated rings. The first kappa shape index (κ1) is 20.9. The van der Waals surface area contributed by atoms with E-state index in [1.165, 1.54) is 4.57 Å². The number of anilines is 2. The smallest absolute Gasteiger partial charge is 0.257 e. The van der Waals surface area contributed by atoms with Crippen LogP contribution in [0.1, 0.15) is 16.8 Å². The lowest BCUT2D eigenvalue weighted by Gasteiger charge is -2.37. The van der Waals surface area contributed by atoms with Gasteiger partial charge in [0.15, 0.2) is 0 Å². The summed E-state index contributed by atoms with van der Waals surface area (Å²) in [5.41, 5.74) is 2.98. The van der Waals surface area contributed by atoms with Crippen LogP contribution in [-0.2, 0) is 4.79 Å². The van der Waals surface area contributed by atoms with Crippen molar-refractivity contribution in [3.63, 3.8) is 0 Å². The van der Waals surface area contributed by atoms with Crippen molar-refractivity contribution in [1.82, 2.24) is 14.5 Å². The Morgan fingerprint density at radius 1 is 1.19 bits per heavy atom. The second kappa shape index (κ2) is 8.18. The number of carbonyl (C=O) groups is 2. The van der Waals surface area contributed by atoms with Crippen LogP contribution in [0, 0.1) is 11.7 Å². The molecule has 0 saturated carbocycles. The number of benzene rings is 2. The van der Waals surface area contributed by atoms with Crippen molar-refractivity contribution in [2.24, 2.45) is 0 Å². The summed E-state index contributed by atoms with van der Waals surface area (Å²) in [6.07, 6.45) is 0.0831. The number of piperazine rings is 1. The molecular weight excluding hydrogens is 446 g/mol. The van der Waals surface area contributed by atoms with Crippen LogP contribution >= 0.6 is 23.8 Å². The van der Waals surface area contributed by atoms with E-state index in [4.69, 9.17) is 23.8 Å². The van der Waals surface area contributed by atoms with Gasteiger partial charge in [-0.1, -0.05) is 29.8 Å². The molecule has 1 aromatic heterocycles. The van der Waals surface area contributed by atoms with Crippen LogP contribution in [0.25, 0.3) is 10.9 Å². The molecule has 2 aromatic carbocycles. The van der Waals surface area contributed by atoms with Gasteiger partial charge in [-0.2, -0.15) is 0 Å². The lowest BCUT2D eigenvalue weighted by molar-refractivity contribution is -0.131. The largest absolute Gasteiger partial charge is 0.368 e. The number of rotatable bonds is 3. The van der Waals surface area contributed by atoms with Gasteiger partial charge in [0.05, 0.1) is 11.9 Å². The molecule has 1 saturated heterocycles. The molecule has 2 aliphatic heterocycles. The van der Waals surface area contributed by atoms with Crippen molar-refractivity contribution in [1.29, 1.82) is 0 Å². The van der Waals surface area contributed by atoms with E-state index >= 15 is 0 Å². The van der Waals surface area contributed by atoms with Gasteiger partial charge in [0.2, 0.25) is 10.7 Å². The Kier molecular flexibility index (Phi) is 5.35. The zero-order chi connectivity index (χ0) is 22.4. The molecule has 0 aliphatic carbocycles. The second-order valence-corrected chi connectivity index (χ2v) is 8.94. The number of halogens is 1. The molecule has 2 aliphatic rings. The number of nitrogens with zero attached hydrogens (tertiary/aromatic N) is 4. The predicted octanol–water partition coefficient (Wildman–Crippen LogP) is 3.90. The van der Waals surface area contributed by atoms with E-state index in [1.54, 1.807) is 0 Å². The minimum absolute atomic E-state index is 0.0464. The minimum Gasteiger partial charge on any atom is -0.368 e. The van der Waals surface area contributed by atoms with Crippen molar-refractivity contribution in [3.8, 4) is 0 Å². The fourth-order valence-electron chi connectivity index (χ4n) is 4.43. The van der Waals surface area contributed by atoms with Gasteiger partial charge in [-0.25, -0.2) is 9.55 Å². The highest BCUT2D eigenvalue weighted by molar-refractivity contribution is 7.71. The van der Waals surface area contributed by atoms with E-state index in [0.717, 1.165) is 35.2 Å². The lowest BCUT2D eigenvalue weighted by atomic mass is 10.1. The zero-order valence-corrected chi connectivity index (χ0v) is 19.1. The van der Waals surface area contributed by atoms with Crippen LogP contribution in [0.2, 0.25) is 5.02 Å². The Labute approximate surface area is 195 Å². The first-order valence-electron chi connectivity index (χ1n) is 10.5. The van der Waals surface area contributed by atoms with E-state index < -0.39 is 6.04 Å². The standard InChI is InChI=1S/C23H22ClN5O2S/c1-14-6-7-15(24)12-19(14)27-8-10-28(11-9-27)20(30)13-18-22(31)29-21(25-18)16-4-2-3-5-17(16)26-23(29)32/h2-7,12,18,25H,8-11,13H2,1H3/t18-/m1/s1. The highest BCUT2D eigenvalue weighted by Crippen LogP contribution is 2.29. The fourth-order valence-corrected chi connectivity index (χ4v) is 4.88. The van der Waals surface area contributed by atoms with Crippen molar-refractivity contribution < 1.29 is 9.59 Å². The minimum atomic E-state index is -0.648. The molecule has 1 amide bonds. The molecule has 1 atom stereocenters. The normalized spacial score (nSPS) is 18.1. The summed E-state index contributed by atoms with van der Waals surface area (Å²) < 4.78 is 1.62. The van der Waals surface area contributed by atoms with Gasteiger partial charge < -0.3 is 15.1 Å². The molecule has 1 N–H and O–H groups in total. The zero-order valence-electron chi connectivity index (χ0n) is 17.5. The van der Waals surface area contributed by atoms with E-state index in [9.17, 15) is 9.59 Å². The average Bonchev–Trinajstić information content (AvgIpc) is 3.12. The third-order valence-electron chi connectivity index (χ3n) is 6.14. The molecule has 164 valence electrons. The summed E-state index contributed by atoms with van der Waals surface area (Å²) in [7, 11) is 0. The van der Waals surface area contributed by atoms with Crippen LogP contribution in [0.5, 0.6) is 0 Å². The molecular formula is C23H22ClN5O2S. The lowest BCUT2D eigenvalue weighted by Crippen LogP contribution is -2.50. The van der Waals surface area contributed by atoms with Gasteiger partial charge in [0, 0.05) is 42.3 Å². The Balaban J connectivity index is 1.27. The number of amides is 1. The summed E-state index contributed by atoms with van der Waals surface area (Å²) in [6, 6.07) is 12.7. The second-order valence-electron chi connectivity index (χ2n) is 8.13. The van der Waals surface area contributed by atoms with Crippen LogP contribution < -0.4 is 10.2 Å². The Morgan fingerprint density at radius 2 is 1.94 bits per heavy atom. The van der Waals surface area contributed by atoms with Crippen LogP contribution in [0.4, 0.5) is 11.5 Å². The number of aromatic nitrogens is 2. The molecule has 0 radical (unpaired) electrons. The van der Waals surface area contributed by atoms with Gasteiger partial charge in [0.25, 0.3) is 5.91 Å². The third-order valence-corrected chi connectivity index (χ3v) is 6.65. The monoisotopic (exact) mass is 467 g/mol. The summed E-state index contributed by atoms with van der Waals surface area (Å²) in [6.45, 7) is 4.70. The molecule has 0 bridgehead atoms. The first-order chi connectivity index (χ1) is 15.4. The molecule has 7 nitrogen and oxygen atoms in total. The van der Waals surface area contributed by atoms with E-state index in [2.05, 4.69) is 22.1 Å². The number of nitrogens with one attached hydrogen (secondary N) is 1. The van der Waals surface area contributed by atoms with Gasteiger partial charge in [-0.15, -0.1) is 0 Å². The number of hydrogen-bond acceptors (Lipinski definition) is 6. The molecule has 3 aromatic rings. The molecule has 0 spiro atoms. The van der Waals surface area contributed by atoms with Crippen LogP contribution in [-0.4, -0.2) is 58.5 Å². The van der Waals surface area contributed by atoms with Gasteiger partial charge in [-0.3, -0.25) is 9.59 Å². The summed E-state index contributed by atoms with van der Waals surface area (Å²) in [5, 5.41) is 4.74. The molecule has 32 heavy (non-hydrogen) atoms. The quantitative estimate of drug-likeness (QED) is 0.589. The Morgan fingerprint density at radius 3 is 2.72 bits per heavy atom. The van der Waals surface area contributed by atoms with Crippen molar-refractivity contribution in [3.05, 3.63) is 57.8 Å². The summed E-state index contributed by atoms with van der Waals surface area (Å²) in [4.78, 5) is 34.4.